The number of amides is 1. The first-order valence-electron chi connectivity index (χ1n) is 12.1. The molecule has 198 valence electrons. The molecule has 1 aromatic heterocycles. The molecule has 1 unspecified atom stereocenters. The van der Waals surface area contributed by atoms with Crippen molar-refractivity contribution >= 4 is 42.0 Å². The normalized spacial score (nSPS) is 13.4. The van der Waals surface area contributed by atoms with Gasteiger partial charge in [-0.25, -0.2) is 9.78 Å². The second-order valence-corrected chi connectivity index (χ2v) is 9.70. The lowest BCUT2D eigenvalue weighted by Crippen LogP contribution is -2.48. The number of anilines is 1. The number of esters is 1. The zero-order valence-corrected chi connectivity index (χ0v) is 22.9. The number of ether oxygens (including phenoxy) is 2. The van der Waals surface area contributed by atoms with Gasteiger partial charge in [-0.2, -0.15) is 24.4 Å². The molecule has 0 aliphatic carbocycles. The minimum atomic E-state index is -0.830. The van der Waals surface area contributed by atoms with Gasteiger partial charge in [0.05, 0.1) is 18.5 Å². The molecule has 0 aliphatic heterocycles. The number of unbranched alkanes of at least 4 members (excludes halogenated alkanes) is 1. The van der Waals surface area contributed by atoms with Gasteiger partial charge >= 0.3 is 5.97 Å². The van der Waals surface area contributed by atoms with Crippen molar-refractivity contribution in [3.8, 4) is 17.1 Å². The van der Waals surface area contributed by atoms with E-state index in [0.29, 0.717) is 42.5 Å². The van der Waals surface area contributed by atoms with Gasteiger partial charge in [0.1, 0.15) is 6.04 Å². The number of nitrogens with zero attached hydrogens (tertiary/aromatic N) is 1. The molecule has 0 aliphatic rings. The lowest BCUT2D eigenvalue weighted by molar-refractivity contribution is -0.146. The summed E-state index contributed by atoms with van der Waals surface area (Å²) in [5.41, 5.74) is 8.31. The van der Waals surface area contributed by atoms with E-state index in [1.54, 1.807) is 11.8 Å². The zero-order valence-electron chi connectivity index (χ0n) is 21.2. The number of aromatic nitrogens is 1. The van der Waals surface area contributed by atoms with E-state index in [1.807, 2.05) is 55.6 Å². The SMILES string of the molecule is CCCC[C@H](Oc1nc(-c2ccccc2)ccc1NCC(N)CS)C(=O)N[C@@H](CCSC)C(=O)OC. The van der Waals surface area contributed by atoms with Crippen LogP contribution in [0.1, 0.15) is 32.6 Å². The molecule has 0 bridgehead atoms. The van der Waals surface area contributed by atoms with Crippen molar-refractivity contribution in [2.24, 2.45) is 5.73 Å². The molecule has 0 saturated heterocycles. The summed E-state index contributed by atoms with van der Waals surface area (Å²) in [6, 6.07) is 12.6. The minimum absolute atomic E-state index is 0.161. The number of hydrogen-bond acceptors (Lipinski definition) is 9. The van der Waals surface area contributed by atoms with Crippen LogP contribution in [-0.2, 0) is 14.3 Å². The van der Waals surface area contributed by atoms with Crippen molar-refractivity contribution in [1.82, 2.24) is 10.3 Å². The first-order valence-corrected chi connectivity index (χ1v) is 14.2. The number of rotatable bonds is 16. The number of pyridine rings is 1. The molecule has 2 aromatic rings. The van der Waals surface area contributed by atoms with E-state index >= 15 is 0 Å². The Bertz CT molecular complexity index is 949. The van der Waals surface area contributed by atoms with Crippen LogP contribution in [0.4, 0.5) is 5.69 Å². The Morgan fingerprint density at radius 3 is 2.56 bits per heavy atom. The lowest BCUT2D eigenvalue weighted by atomic mass is 10.1. The number of methoxy groups -OCH3 is 1. The number of hydrogen-bond donors (Lipinski definition) is 4. The summed E-state index contributed by atoms with van der Waals surface area (Å²) in [5, 5.41) is 6.10. The Kier molecular flexibility index (Phi) is 13.5. The zero-order chi connectivity index (χ0) is 26.3. The predicted molar refractivity (Wildman–Crippen MR) is 151 cm³/mol. The summed E-state index contributed by atoms with van der Waals surface area (Å²) in [7, 11) is 1.32. The topological polar surface area (TPSA) is 116 Å². The highest BCUT2D eigenvalue weighted by Gasteiger charge is 2.28. The van der Waals surface area contributed by atoms with E-state index in [2.05, 4.69) is 23.3 Å². The maximum absolute atomic E-state index is 13.3. The van der Waals surface area contributed by atoms with Crippen LogP contribution in [0, 0.1) is 0 Å². The van der Waals surface area contributed by atoms with Crippen molar-refractivity contribution in [2.75, 3.05) is 36.7 Å². The molecule has 0 saturated carbocycles. The first-order chi connectivity index (χ1) is 17.4. The van der Waals surface area contributed by atoms with Crippen LogP contribution >= 0.6 is 24.4 Å². The summed E-state index contributed by atoms with van der Waals surface area (Å²) in [5.74, 6) is 0.688. The standard InChI is InChI=1S/C26H38N4O4S2/c1-4-5-11-23(24(31)29-22(14-15-36-3)26(32)33-2)34-25-21(28-16-19(27)17-35)13-12-20(30-25)18-9-7-6-8-10-18/h6-10,12-13,19,22-23,28,35H,4-5,11,14-17,27H2,1-3H3,(H,29,31)/t19?,22-,23-/m0/s1. The largest absolute Gasteiger partial charge is 0.467 e. The Hall–Kier alpha value is -2.43. The quantitative estimate of drug-likeness (QED) is 0.190. The molecule has 3 atom stereocenters. The third-order valence-electron chi connectivity index (χ3n) is 5.50. The summed E-state index contributed by atoms with van der Waals surface area (Å²) in [4.78, 5) is 30.3. The molecule has 0 spiro atoms. The maximum Gasteiger partial charge on any atom is 0.328 e. The summed E-state index contributed by atoms with van der Waals surface area (Å²) in [6.07, 6.45) is 3.73. The van der Waals surface area contributed by atoms with Crippen molar-refractivity contribution in [3.63, 3.8) is 0 Å². The summed E-state index contributed by atoms with van der Waals surface area (Å²) < 4.78 is 11.1. The van der Waals surface area contributed by atoms with E-state index in [-0.39, 0.29) is 11.9 Å². The van der Waals surface area contributed by atoms with E-state index in [1.165, 1.54) is 7.11 Å². The monoisotopic (exact) mass is 534 g/mol. The Morgan fingerprint density at radius 1 is 1.17 bits per heavy atom. The minimum Gasteiger partial charge on any atom is -0.467 e. The van der Waals surface area contributed by atoms with Crippen LogP contribution in [-0.4, -0.2) is 66.5 Å². The average molecular weight is 535 g/mol. The molecule has 0 radical (unpaired) electrons. The van der Waals surface area contributed by atoms with Crippen molar-refractivity contribution < 1.29 is 19.1 Å². The predicted octanol–water partition coefficient (Wildman–Crippen LogP) is 3.77. The summed E-state index contributed by atoms with van der Waals surface area (Å²) >= 11 is 5.85. The Morgan fingerprint density at radius 2 is 1.92 bits per heavy atom. The van der Waals surface area contributed by atoms with Crippen LogP contribution < -0.4 is 21.1 Å². The molecular weight excluding hydrogens is 496 g/mol. The number of thioether (sulfide) groups is 1. The highest BCUT2D eigenvalue weighted by molar-refractivity contribution is 7.98. The molecular formula is C26H38N4O4S2. The Balaban J connectivity index is 2.34. The average Bonchev–Trinajstić information content (AvgIpc) is 2.91. The first kappa shape index (κ1) is 29.8. The van der Waals surface area contributed by atoms with Gasteiger partial charge < -0.3 is 25.8 Å². The van der Waals surface area contributed by atoms with Crippen LogP contribution in [0.2, 0.25) is 0 Å². The second-order valence-electron chi connectivity index (χ2n) is 8.35. The highest BCUT2D eigenvalue weighted by Crippen LogP contribution is 2.29. The van der Waals surface area contributed by atoms with Crippen molar-refractivity contribution in [2.45, 2.75) is 50.8 Å². The number of carbonyl (C=O) groups excluding carboxylic acids is 2. The van der Waals surface area contributed by atoms with Crippen molar-refractivity contribution in [1.29, 1.82) is 0 Å². The van der Waals surface area contributed by atoms with E-state index in [9.17, 15) is 9.59 Å². The third-order valence-corrected chi connectivity index (χ3v) is 6.61. The molecule has 1 amide bonds. The van der Waals surface area contributed by atoms with Gasteiger partial charge in [0.25, 0.3) is 5.91 Å². The molecule has 1 aromatic carbocycles. The molecule has 36 heavy (non-hydrogen) atoms. The number of carbonyl (C=O) groups is 2. The molecule has 8 nitrogen and oxygen atoms in total. The second kappa shape index (κ2) is 16.3. The third kappa shape index (κ3) is 9.55. The summed E-state index contributed by atoms with van der Waals surface area (Å²) in [6.45, 7) is 2.52. The van der Waals surface area contributed by atoms with Crippen LogP contribution in [0.5, 0.6) is 5.88 Å². The van der Waals surface area contributed by atoms with Crippen LogP contribution in [0.15, 0.2) is 42.5 Å². The van der Waals surface area contributed by atoms with Gasteiger partial charge in [0.15, 0.2) is 6.10 Å². The van der Waals surface area contributed by atoms with Gasteiger partial charge in [0, 0.05) is 23.9 Å². The highest BCUT2D eigenvalue weighted by atomic mass is 32.2. The Labute approximate surface area is 223 Å². The molecule has 10 heteroatoms. The molecule has 1 heterocycles. The van der Waals surface area contributed by atoms with Gasteiger partial charge in [0.2, 0.25) is 5.88 Å². The number of thiol groups is 1. The van der Waals surface area contributed by atoms with Gasteiger partial charge in [-0.1, -0.05) is 43.7 Å². The number of nitrogens with two attached hydrogens (primary N) is 1. The fraction of sp³-hybridized carbons (Fsp3) is 0.500. The van der Waals surface area contributed by atoms with Gasteiger partial charge in [-0.3, -0.25) is 4.79 Å². The van der Waals surface area contributed by atoms with Crippen molar-refractivity contribution in [3.05, 3.63) is 42.5 Å². The lowest BCUT2D eigenvalue weighted by Gasteiger charge is -2.23. The number of benzene rings is 1. The molecule has 0 fully saturated rings. The van der Waals surface area contributed by atoms with E-state index < -0.39 is 18.1 Å². The molecule has 4 N–H and O–H groups in total. The van der Waals surface area contributed by atoms with Crippen LogP contribution in [0.3, 0.4) is 0 Å². The smallest absolute Gasteiger partial charge is 0.328 e. The van der Waals surface area contributed by atoms with E-state index in [0.717, 1.165) is 24.1 Å². The fourth-order valence-corrected chi connectivity index (χ4v) is 4.00. The maximum atomic E-state index is 13.3. The van der Waals surface area contributed by atoms with Gasteiger partial charge in [-0.05, 0) is 43.4 Å². The van der Waals surface area contributed by atoms with Gasteiger partial charge in [-0.15, -0.1) is 0 Å². The molecule has 2 rings (SSSR count). The fourth-order valence-electron chi connectivity index (χ4n) is 3.40. The van der Waals surface area contributed by atoms with E-state index in [4.69, 9.17) is 20.2 Å². The van der Waals surface area contributed by atoms with Crippen LogP contribution in [0.25, 0.3) is 11.3 Å². The number of nitrogens with one attached hydrogen (secondary N) is 2.